The fourth-order valence-corrected chi connectivity index (χ4v) is 4.64. The van der Waals surface area contributed by atoms with Crippen LogP contribution in [0.2, 0.25) is 0 Å². The molecule has 0 aromatic heterocycles. The highest BCUT2D eigenvalue weighted by atomic mass is 79.9. The number of halogens is 1. The lowest BCUT2D eigenvalue weighted by atomic mass is 10.1. The number of carbonyl (C=O) groups excluding carboxylic acids is 1. The van der Waals surface area contributed by atoms with Crippen LogP contribution in [0.15, 0.2) is 79.9 Å². The molecule has 6 heteroatoms. The largest absolute Gasteiger partial charge is 0.497 e. The molecule has 152 valence electrons. The van der Waals surface area contributed by atoms with E-state index >= 15 is 0 Å². The fourth-order valence-electron chi connectivity index (χ4n) is 3.27. The predicted molar refractivity (Wildman–Crippen MR) is 125 cm³/mol. The Hall–Kier alpha value is -2.57. The lowest BCUT2D eigenvalue weighted by Crippen LogP contribution is -2.22. The van der Waals surface area contributed by atoms with E-state index < -0.39 is 0 Å². The number of aliphatic imine (C=N–C) groups is 1. The second kappa shape index (κ2) is 9.06. The van der Waals surface area contributed by atoms with Crippen LogP contribution >= 0.6 is 27.7 Å². The van der Waals surface area contributed by atoms with Crippen LogP contribution < -0.4 is 10.1 Å². The molecule has 0 saturated heterocycles. The predicted octanol–water partition coefficient (Wildman–Crippen LogP) is 6.38. The molecule has 0 radical (unpaired) electrons. The number of nitrogens with one attached hydrogen (secondary N) is 1. The first-order valence-electron chi connectivity index (χ1n) is 9.68. The summed E-state index contributed by atoms with van der Waals surface area (Å²) in [6.45, 7) is 2.56. The fraction of sp³-hybridized carbons (Fsp3) is 0.167. The minimum Gasteiger partial charge on any atom is -0.497 e. The van der Waals surface area contributed by atoms with Gasteiger partial charge in [0, 0.05) is 37.6 Å². The molecular formula is C24H21BrN2O2S. The van der Waals surface area contributed by atoms with E-state index in [1.807, 2.05) is 48.5 Å². The number of ether oxygens (including phenoxy) is 1. The van der Waals surface area contributed by atoms with Gasteiger partial charge in [0.15, 0.2) is 0 Å². The molecule has 0 aliphatic carbocycles. The molecular weight excluding hydrogens is 460 g/mol. The average molecular weight is 481 g/mol. The van der Waals surface area contributed by atoms with Gasteiger partial charge in [0.2, 0.25) is 0 Å². The first-order valence-corrected chi connectivity index (χ1v) is 11.3. The third-order valence-electron chi connectivity index (χ3n) is 4.90. The molecule has 1 heterocycles. The van der Waals surface area contributed by atoms with E-state index in [1.54, 1.807) is 18.9 Å². The van der Waals surface area contributed by atoms with Crippen molar-refractivity contribution >= 4 is 45.0 Å². The van der Waals surface area contributed by atoms with Crippen molar-refractivity contribution in [2.24, 2.45) is 4.99 Å². The summed E-state index contributed by atoms with van der Waals surface area (Å²) >= 11 is 5.25. The van der Waals surface area contributed by atoms with Gasteiger partial charge in [0.05, 0.1) is 12.8 Å². The van der Waals surface area contributed by atoms with Gasteiger partial charge in [-0.25, -0.2) is 0 Å². The van der Waals surface area contributed by atoms with Gasteiger partial charge < -0.3 is 10.1 Å². The number of hydrogen-bond acceptors (Lipinski definition) is 4. The van der Waals surface area contributed by atoms with Crippen molar-refractivity contribution in [2.75, 3.05) is 7.11 Å². The van der Waals surface area contributed by atoms with Gasteiger partial charge in [-0.3, -0.25) is 9.79 Å². The Bertz CT molecular complexity index is 1130. The van der Waals surface area contributed by atoms with Crippen LogP contribution in [0.5, 0.6) is 5.75 Å². The third kappa shape index (κ3) is 4.45. The lowest BCUT2D eigenvalue weighted by Gasteiger charge is -2.09. The molecule has 0 bridgehead atoms. The van der Waals surface area contributed by atoms with Crippen LogP contribution in [0.3, 0.4) is 0 Å². The monoisotopic (exact) mass is 480 g/mol. The molecule has 1 aliphatic heterocycles. The van der Waals surface area contributed by atoms with Gasteiger partial charge in [-0.05, 0) is 60.5 Å². The van der Waals surface area contributed by atoms with Gasteiger partial charge in [-0.1, -0.05) is 46.7 Å². The standard InChI is InChI=1S/C24H21BrN2O2S/c1-3-20-19-13-17(25)7-11-22(19)30-23-10-6-16(12-21(23)27-20)24(28)26-14-15-4-8-18(29-2)9-5-15/h4-13H,3,14H2,1-2H3,(H,26,28). The molecule has 0 unspecified atom stereocenters. The maximum atomic E-state index is 12.7. The molecule has 3 aromatic carbocycles. The minimum absolute atomic E-state index is 0.114. The number of amides is 1. The topological polar surface area (TPSA) is 50.7 Å². The van der Waals surface area contributed by atoms with Gasteiger partial charge >= 0.3 is 0 Å². The number of rotatable bonds is 5. The molecule has 1 amide bonds. The SMILES string of the molecule is CCC1=Nc2cc(C(=O)NCc3ccc(OC)cc3)ccc2Sc2ccc(Br)cc21. The Morgan fingerprint density at radius 1 is 1.07 bits per heavy atom. The molecule has 0 saturated carbocycles. The Kier molecular flexibility index (Phi) is 6.25. The van der Waals surface area contributed by atoms with E-state index in [0.29, 0.717) is 12.1 Å². The van der Waals surface area contributed by atoms with Crippen molar-refractivity contribution in [3.05, 3.63) is 81.8 Å². The van der Waals surface area contributed by atoms with Gasteiger partial charge in [-0.2, -0.15) is 0 Å². The van der Waals surface area contributed by atoms with E-state index in [2.05, 4.69) is 40.3 Å². The van der Waals surface area contributed by atoms with Crippen LogP contribution in [0.25, 0.3) is 0 Å². The summed E-state index contributed by atoms with van der Waals surface area (Å²) in [5.74, 6) is 0.683. The minimum atomic E-state index is -0.114. The third-order valence-corrected chi connectivity index (χ3v) is 6.53. The molecule has 30 heavy (non-hydrogen) atoms. The van der Waals surface area contributed by atoms with Crippen LogP contribution in [-0.4, -0.2) is 18.7 Å². The highest BCUT2D eigenvalue weighted by molar-refractivity contribution is 9.10. The number of nitrogens with zero attached hydrogens (tertiary/aromatic N) is 1. The number of hydrogen-bond donors (Lipinski definition) is 1. The summed E-state index contributed by atoms with van der Waals surface area (Å²) in [4.78, 5) is 19.9. The van der Waals surface area contributed by atoms with Crippen molar-refractivity contribution in [2.45, 2.75) is 29.7 Å². The number of fused-ring (bicyclic) bond motifs is 2. The summed E-state index contributed by atoms with van der Waals surface area (Å²) in [5.41, 5.74) is 4.61. The molecule has 1 aliphatic rings. The van der Waals surface area contributed by atoms with E-state index in [4.69, 9.17) is 9.73 Å². The molecule has 0 fully saturated rings. The first kappa shape index (κ1) is 20.7. The van der Waals surface area contributed by atoms with E-state index in [9.17, 15) is 4.79 Å². The molecule has 0 spiro atoms. The van der Waals surface area contributed by atoms with Crippen molar-refractivity contribution in [1.29, 1.82) is 0 Å². The second-order valence-electron chi connectivity index (χ2n) is 6.87. The van der Waals surface area contributed by atoms with Crippen LogP contribution in [0.4, 0.5) is 5.69 Å². The Balaban J connectivity index is 1.56. The maximum Gasteiger partial charge on any atom is 0.251 e. The highest BCUT2D eigenvalue weighted by Crippen LogP contribution is 2.41. The second-order valence-corrected chi connectivity index (χ2v) is 8.87. The summed E-state index contributed by atoms with van der Waals surface area (Å²) in [7, 11) is 1.64. The zero-order chi connectivity index (χ0) is 21.1. The lowest BCUT2D eigenvalue weighted by molar-refractivity contribution is 0.0951. The van der Waals surface area contributed by atoms with Crippen LogP contribution in [0.1, 0.15) is 34.8 Å². The molecule has 3 aromatic rings. The highest BCUT2D eigenvalue weighted by Gasteiger charge is 2.18. The Morgan fingerprint density at radius 3 is 2.57 bits per heavy atom. The van der Waals surface area contributed by atoms with Crippen molar-refractivity contribution in [3.63, 3.8) is 0 Å². The molecule has 4 nitrogen and oxygen atoms in total. The molecule has 0 atom stereocenters. The van der Waals surface area contributed by atoms with Gasteiger partial charge in [0.1, 0.15) is 5.75 Å². The Labute approximate surface area is 188 Å². The summed E-state index contributed by atoms with van der Waals surface area (Å²) in [5, 5.41) is 2.98. The van der Waals surface area contributed by atoms with Gasteiger partial charge in [-0.15, -0.1) is 0 Å². The van der Waals surface area contributed by atoms with Crippen LogP contribution in [0, 0.1) is 0 Å². The number of carbonyl (C=O) groups is 1. The van der Waals surface area contributed by atoms with Crippen molar-refractivity contribution in [1.82, 2.24) is 5.32 Å². The first-order chi connectivity index (χ1) is 14.6. The van der Waals surface area contributed by atoms with Crippen LogP contribution in [-0.2, 0) is 6.54 Å². The number of benzene rings is 3. The van der Waals surface area contributed by atoms with E-state index in [-0.39, 0.29) is 5.91 Å². The summed E-state index contributed by atoms with van der Waals surface area (Å²) in [6, 6.07) is 19.7. The quantitative estimate of drug-likeness (QED) is 0.460. The zero-order valence-corrected chi connectivity index (χ0v) is 19.1. The van der Waals surface area contributed by atoms with E-state index in [0.717, 1.165) is 44.1 Å². The number of methoxy groups -OCH3 is 1. The van der Waals surface area contributed by atoms with Crippen molar-refractivity contribution in [3.8, 4) is 5.75 Å². The van der Waals surface area contributed by atoms with Gasteiger partial charge in [0.25, 0.3) is 5.91 Å². The average Bonchev–Trinajstić information content (AvgIpc) is 2.93. The smallest absolute Gasteiger partial charge is 0.251 e. The normalized spacial score (nSPS) is 12.3. The van der Waals surface area contributed by atoms with E-state index in [1.165, 1.54) is 4.90 Å². The zero-order valence-electron chi connectivity index (χ0n) is 16.7. The Morgan fingerprint density at radius 2 is 1.83 bits per heavy atom. The molecule has 4 rings (SSSR count). The summed E-state index contributed by atoms with van der Waals surface area (Å²) < 4.78 is 6.21. The van der Waals surface area contributed by atoms with Crippen molar-refractivity contribution < 1.29 is 9.53 Å². The maximum absolute atomic E-state index is 12.7. The summed E-state index contributed by atoms with van der Waals surface area (Å²) in [6.07, 6.45) is 0.817. The molecule has 1 N–H and O–H groups in total.